The predicted octanol–water partition coefficient (Wildman–Crippen LogP) is 2.12. The van der Waals surface area contributed by atoms with E-state index >= 15 is 0 Å². The molecule has 0 spiro atoms. The Bertz CT molecular complexity index is 669. The predicted molar refractivity (Wildman–Crippen MR) is 83.0 cm³/mol. The van der Waals surface area contributed by atoms with Crippen LogP contribution in [-0.4, -0.2) is 22.6 Å². The third-order valence-corrected chi connectivity index (χ3v) is 3.47. The summed E-state index contributed by atoms with van der Waals surface area (Å²) in [5.41, 5.74) is 2.34. The van der Waals surface area contributed by atoms with Crippen LogP contribution in [0.15, 0.2) is 29.8 Å². The van der Waals surface area contributed by atoms with Crippen molar-refractivity contribution in [2.75, 3.05) is 6.61 Å². The fourth-order valence-corrected chi connectivity index (χ4v) is 2.36. The van der Waals surface area contributed by atoms with Crippen LogP contribution in [0.1, 0.15) is 32.9 Å². The van der Waals surface area contributed by atoms with Gasteiger partial charge in [0.05, 0.1) is 13.2 Å². The minimum atomic E-state index is -0.140. The van der Waals surface area contributed by atoms with Crippen LogP contribution in [0.3, 0.4) is 0 Å². The zero-order chi connectivity index (χ0) is 15.1. The number of aliphatic hydroxyl groups excluding tert-OH is 1. The van der Waals surface area contributed by atoms with Gasteiger partial charge in [-0.25, -0.2) is 4.98 Å². The number of rotatable bonds is 4. The van der Waals surface area contributed by atoms with Crippen molar-refractivity contribution < 1.29 is 9.90 Å². The van der Waals surface area contributed by atoms with Gasteiger partial charge < -0.3 is 10.4 Å². The van der Waals surface area contributed by atoms with E-state index in [1.165, 1.54) is 11.3 Å². The van der Waals surface area contributed by atoms with Crippen molar-refractivity contribution in [1.82, 2.24) is 10.3 Å². The molecule has 1 aromatic carbocycles. The van der Waals surface area contributed by atoms with Gasteiger partial charge in [-0.1, -0.05) is 11.8 Å². The van der Waals surface area contributed by atoms with Crippen LogP contribution >= 0.6 is 11.3 Å². The topological polar surface area (TPSA) is 62.2 Å². The number of hydrogen-bond acceptors (Lipinski definition) is 4. The quantitative estimate of drug-likeness (QED) is 0.850. The first-order valence-corrected chi connectivity index (χ1v) is 7.45. The van der Waals surface area contributed by atoms with E-state index < -0.39 is 0 Å². The van der Waals surface area contributed by atoms with Crippen molar-refractivity contribution in [2.24, 2.45) is 0 Å². The summed E-state index contributed by atoms with van der Waals surface area (Å²) in [5.74, 6) is 5.67. The molecule has 2 rings (SSSR count). The van der Waals surface area contributed by atoms with E-state index in [0.29, 0.717) is 18.5 Å². The Labute approximate surface area is 127 Å². The largest absolute Gasteiger partial charge is 0.395 e. The number of benzene rings is 1. The average Bonchev–Trinajstić information content (AvgIpc) is 2.98. The second-order valence-corrected chi connectivity index (χ2v) is 5.45. The van der Waals surface area contributed by atoms with Crippen LogP contribution in [0.2, 0.25) is 0 Å². The van der Waals surface area contributed by atoms with Crippen LogP contribution in [0.25, 0.3) is 0 Å². The first-order chi connectivity index (χ1) is 10.2. The maximum absolute atomic E-state index is 12.2. The van der Waals surface area contributed by atoms with E-state index in [9.17, 15) is 4.79 Å². The summed E-state index contributed by atoms with van der Waals surface area (Å²) in [6, 6.07) is 5.50. The molecule has 2 aromatic rings. The Morgan fingerprint density at radius 3 is 3.00 bits per heavy atom. The summed E-state index contributed by atoms with van der Waals surface area (Å²) in [5, 5.41) is 14.3. The Hall–Kier alpha value is -2.16. The molecule has 0 fully saturated rings. The van der Waals surface area contributed by atoms with Gasteiger partial charge in [0, 0.05) is 29.1 Å². The summed E-state index contributed by atoms with van der Waals surface area (Å²) in [4.78, 5) is 16.3. The molecule has 5 heteroatoms. The molecule has 1 aromatic heterocycles. The van der Waals surface area contributed by atoms with Crippen molar-refractivity contribution in [3.05, 3.63) is 51.5 Å². The molecule has 0 unspecified atom stereocenters. The van der Waals surface area contributed by atoms with Gasteiger partial charge in [0.25, 0.3) is 5.91 Å². The van der Waals surface area contributed by atoms with Crippen molar-refractivity contribution in [2.45, 2.75) is 19.9 Å². The van der Waals surface area contributed by atoms with Gasteiger partial charge in [-0.2, -0.15) is 0 Å². The smallest absolute Gasteiger partial charge is 0.251 e. The van der Waals surface area contributed by atoms with Crippen LogP contribution in [0.5, 0.6) is 0 Å². The molecule has 4 nitrogen and oxygen atoms in total. The number of amides is 1. The van der Waals surface area contributed by atoms with Gasteiger partial charge in [-0.15, -0.1) is 11.3 Å². The molecule has 0 saturated heterocycles. The summed E-state index contributed by atoms with van der Waals surface area (Å²) < 4.78 is 0. The molecule has 0 aliphatic rings. The van der Waals surface area contributed by atoms with Crippen LogP contribution in [0.4, 0.5) is 0 Å². The molecule has 0 radical (unpaired) electrons. The molecular formula is C16H16N2O2S. The zero-order valence-corrected chi connectivity index (χ0v) is 12.5. The van der Waals surface area contributed by atoms with Crippen LogP contribution < -0.4 is 5.32 Å². The minimum absolute atomic E-state index is 0.0416. The standard InChI is InChI=1S/C16H16N2O2S/c1-12-8-13(4-2-3-6-19)10-14(9-12)16(20)18-11-15-17-5-7-21-15/h5,7-10,19H,3,6,11H2,1H3,(H,18,20). The maximum Gasteiger partial charge on any atom is 0.251 e. The van der Waals surface area contributed by atoms with Crippen LogP contribution in [-0.2, 0) is 6.54 Å². The molecule has 0 aliphatic carbocycles. The van der Waals surface area contributed by atoms with E-state index in [4.69, 9.17) is 5.11 Å². The van der Waals surface area contributed by atoms with E-state index in [2.05, 4.69) is 22.1 Å². The van der Waals surface area contributed by atoms with Gasteiger partial charge in [-0.3, -0.25) is 4.79 Å². The van der Waals surface area contributed by atoms with Gasteiger partial charge in [0.1, 0.15) is 5.01 Å². The molecule has 108 valence electrons. The zero-order valence-electron chi connectivity index (χ0n) is 11.7. The highest BCUT2D eigenvalue weighted by Gasteiger charge is 2.07. The second kappa shape index (κ2) is 7.58. The molecule has 0 bridgehead atoms. The fourth-order valence-electron chi connectivity index (χ4n) is 1.81. The molecule has 0 aliphatic heterocycles. The lowest BCUT2D eigenvalue weighted by Crippen LogP contribution is -2.22. The van der Waals surface area contributed by atoms with E-state index in [0.717, 1.165) is 16.1 Å². The highest BCUT2D eigenvalue weighted by molar-refractivity contribution is 7.09. The number of nitrogens with zero attached hydrogens (tertiary/aromatic N) is 1. The highest BCUT2D eigenvalue weighted by atomic mass is 32.1. The van der Waals surface area contributed by atoms with E-state index in [1.54, 1.807) is 12.3 Å². The summed E-state index contributed by atoms with van der Waals surface area (Å²) in [6.07, 6.45) is 2.15. The molecular weight excluding hydrogens is 284 g/mol. The number of hydrogen-bond donors (Lipinski definition) is 2. The monoisotopic (exact) mass is 300 g/mol. The van der Waals surface area contributed by atoms with Crippen molar-refractivity contribution in [3.8, 4) is 11.8 Å². The second-order valence-electron chi connectivity index (χ2n) is 4.47. The van der Waals surface area contributed by atoms with E-state index in [-0.39, 0.29) is 12.5 Å². The molecule has 2 N–H and O–H groups in total. The molecule has 1 heterocycles. The number of thiazole rings is 1. The molecule has 0 atom stereocenters. The number of nitrogens with one attached hydrogen (secondary N) is 1. The fraction of sp³-hybridized carbons (Fsp3) is 0.250. The van der Waals surface area contributed by atoms with Gasteiger partial charge in [-0.05, 0) is 30.7 Å². The summed E-state index contributed by atoms with van der Waals surface area (Å²) >= 11 is 1.51. The first kappa shape index (κ1) is 15.2. The Kier molecular flexibility index (Phi) is 5.50. The normalized spacial score (nSPS) is 9.81. The summed E-state index contributed by atoms with van der Waals surface area (Å²) in [6.45, 7) is 2.39. The van der Waals surface area contributed by atoms with Gasteiger partial charge in [0.15, 0.2) is 0 Å². The van der Waals surface area contributed by atoms with Crippen LogP contribution in [0, 0.1) is 18.8 Å². The number of aliphatic hydroxyl groups is 1. The Morgan fingerprint density at radius 2 is 2.29 bits per heavy atom. The molecule has 1 amide bonds. The van der Waals surface area contributed by atoms with Gasteiger partial charge >= 0.3 is 0 Å². The molecule has 21 heavy (non-hydrogen) atoms. The SMILES string of the molecule is Cc1cc(C#CCCO)cc(C(=O)NCc2nccs2)c1. The highest BCUT2D eigenvalue weighted by Crippen LogP contribution is 2.10. The minimum Gasteiger partial charge on any atom is -0.395 e. The number of aromatic nitrogens is 1. The summed E-state index contributed by atoms with van der Waals surface area (Å²) in [7, 11) is 0. The average molecular weight is 300 g/mol. The third kappa shape index (κ3) is 4.71. The van der Waals surface area contributed by atoms with Crippen molar-refractivity contribution >= 4 is 17.2 Å². The lowest BCUT2D eigenvalue weighted by Gasteiger charge is -2.05. The van der Waals surface area contributed by atoms with Crippen molar-refractivity contribution in [1.29, 1.82) is 0 Å². The molecule has 0 saturated carbocycles. The van der Waals surface area contributed by atoms with Crippen molar-refractivity contribution in [3.63, 3.8) is 0 Å². The van der Waals surface area contributed by atoms with Gasteiger partial charge in [0.2, 0.25) is 0 Å². The lowest BCUT2D eigenvalue weighted by atomic mass is 10.1. The lowest BCUT2D eigenvalue weighted by molar-refractivity contribution is 0.0950. The Morgan fingerprint density at radius 1 is 1.43 bits per heavy atom. The Balaban J connectivity index is 2.08. The number of carbonyl (C=O) groups is 1. The number of carbonyl (C=O) groups excluding carboxylic acids is 1. The third-order valence-electron chi connectivity index (χ3n) is 2.69. The number of aryl methyl sites for hydroxylation is 1. The maximum atomic E-state index is 12.2. The van der Waals surface area contributed by atoms with E-state index in [1.807, 2.05) is 24.4 Å². The first-order valence-electron chi connectivity index (χ1n) is 6.57.